The Kier molecular flexibility index (Phi) is 2.10. The molecule has 11 heavy (non-hydrogen) atoms. The summed E-state index contributed by atoms with van der Waals surface area (Å²) in [6.45, 7) is 1.15. The van der Waals surface area contributed by atoms with Crippen LogP contribution in [0.3, 0.4) is 0 Å². The molecule has 0 spiro atoms. The maximum absolute atomic E-state index is 3.46. The number of hydrogen-bond acceptors (Lipinski definition) is 1. The molecule has 0 aliphatic carbocycles. The van der Waals surface area contributed by atoms with Gasteiger partial charge in [-0.05, 0) is 30.2 Å². The van der Waals surface area contributed by atoms with Gasteiger partial charge in [0.2, 0.25) is 0 Å². The van der Waals surface area contributed by atoms with Crippen LogP contribution in [0.2, 0.25) is 0 Å². The van der Waals surface area contributed by atoms with Crippen molar-refractivity contribution < 1.29 is 0 Å². The van der Waals surface area contributed by atoms with Crippen molar-refractivity contribution in [3.05, 3.63) is 28.2 Å². The number of nitrogens with zero attached hydrogens (tertiary/aromatic N) is 1. The van der Waals surface area contributed by atoms with Crippen LogP contribution in [0.25, 0.3) is 0 Å². The molecule has 0 radical (unpaired) electrons. The number of hydrogen-bond donors (Lipinski definition) is 0. The molecule has 0 amide bonds. The molecule has 0 unspecified atom stereocenters. The van der Waals surface area contributed by atoms with E-state index in [1.54, 1.807) is 0 Å². The van der Waals surface area contributed by atoms with Gasteiger partial charge < -0.3 is 3.11 Å². The highest BCUT2D eigenvalue weighted by Gasteiger charge is 2.15. The van der Waals surface area contributed by atoms with Crippen LogP contribution < -0.4 is 3.11 Å². The van der Waals surface area contributed by atoms with E-state index >= 15 is 0 Å². The van der Waals surface area contributed by atoms with Crippen molar-refractivity contribution >= 4 is 44.5 Å². The molecule has 1 aliphatic heterocycles. The molecule has 0 atom stereocenters. The minimum atomic E-state index is 1.15. The van der Waals surface area contributed by atoms with E-state index in [9.17, 15) is 0 Å². The number of benzene rings is 1. The van der Waals surface area contributed by atoms with Gasteiger partial charge in [-0.2, -0.15) is 0 Å². The van der Waals surface area contributed by atoms with Gasteiger partial charge in [0, 0.05) is 16.7 Å². The van der Waals surface area contributed by atoms with Crippen LogP contribution in [0, 0.1) is 0 Å². The summed E-state index contributed by atoms with van der Waals surface area (Å²) in [7, 11) is 0. The first-order valence-electron chi connectivity index (χ1n) is 3.49. The van der Waals surface area contributed by atoms with Crippen molar-refractivity contribution in [2.24, 2.45) is 0 Å². The van der Waals surface area contributed by atoms with E-state index in [2.05, 4.69) is 60.1 Å². The molecular weight excluding hydrogens is 317 g/mol. The molecule has 0 saturated heterocycles. The molecule has 1 aliphatic rings. The van der Waals surface area contributed by atoms with Crippen LogP contribution in [-0.4, -0.2) is 6.54 Å². The molecule has 0 fully saturated rings. The molecule has 1 heterocycles. The van der Waals surface area contributed by atoms with E-state index in [0.717, 1.165) is 6.54 Å². The van der Waals surface area contributed by atoms with Crippen molar-refractivity contribution in [3.8, 4) is 0 Å². The van der Waals surface area contributed by atoms with Gasteiger partial charge in [0.05, 0.1) is 22.9 Å². The Morgan fingerprint density at radius 1 is 1.45 bits per heavy atom. The third-order valence-electron chi connectivity index (χ3n) is 1.88. The van der Waals surface area contributed by atoms with Gasteiger partial charge in [0.25, 0.3) is 0 Å². The van der Waals surface area contributed by atoms with Crippen molar-refractivity contribution in [1.29, 1.82) is 0 Å². The summed E-state index contributed by atoms with van der Waals surface area (Å²) < 4.78 is 3.45. The lowest BCUT2D eigenvalue weighted by Gasteiger charge is -2.07. The molecule has 1 nitrogen and oxygen atoms in total. The Hall–Kier alpha value is 0.230. The normalized spacial score (nSPS) is 15.3. The predicted octanol–water partition coefficient (Wildman–Crippen LogP) is 3.16. The molecule has 1 aromatic rings. The second-order valence-corrected chi connectivity index (χ2v) is 4.69. The van der Waals surface area contributed by atoms with E-state index in [0.29, 0.717) is 0 Å². The van der Waals surface area contributed by atoms with Gasteiger partial charge in [-0.1, -0.05) is 15.9 Å². The fourth-order valence-corrected chi connectivity index (χ4v) is 2.45. The third-order valence-corrected chi connectivity index (χ3v) is 3.38. The highest BCUT2D eigenvalue weighted by Crippen LogP contribution is 2.32. The van der Waals surface area contributed by atoms with Gasteiger partial charge >= 0.3 is 0 Å². The molecule has 0 bridgehead atoms. The van der Waals surface area contributed by atoms with Gasteiger partial charge in [0.15, 0.2) is 0 Å². The summed E-state index contributed by atoms with van der Waals surface area (Å²) in [5.74, 6) is 0. The smallest absolute Gasteiger partial charge is 0.0591 e. The standard InChI is InChI=1S/C8H7BrIN/c9-7-1-2-8-6(5-7)3-4-11(8)10/h1-2,5H,3-4H2. The zero-order chi connectivity index (χ0) is 7.84. The molecule has 1 aromatic carbocycles. The summed E-state index contributed by atoms with van der Waals surface area (Å²) in [5.41, 5.74) is 2.82. The summed E-state index contributed by atoms with van der Waals surface area (Å²) in [5, 5.41) is 0. The fraction of sp³-hybridized carbons (Fsp3) is 0.250. The number of fused-ring (bicyclic) bond motifs is 1. The van der Waals surface area contributed by atoms with Gasteiger partial charge in [-0.3, -0.25) is 0 Å². The minimum Gasteiger partial charge on any atom is -0.314 e. The van der Waals surface area contributed by atoms with E-state index < -0.39 is 0 Å². The van der Waals surface area contributed by atoms with Crippen LogP contribution in [0.15, 0.2) is 22.7 Å². The highest BCUT2D eigenvalue weighted by atomic mass is 127. The quantitative estimate of drug-likeness (QED) is 0.523. The van der Waals surface area contributed by atoms with Crippen LogP contribution in [0.1, 0.15) is 5.56 Å². The molecular formula is C8H7BrIN. The lowest BCUT2D eigenvalue weighted by Crippen LogP contribution is -2.02. The van der Waals surface area contributed by atoms with Crippen molar-refractivity contribution in [2.75, 3.05) is 9.66 Å². The van der Waals surface area contributed by atoms with Crippen molar-refractivity contribution in [3.63, 3.8) is 0 Å². The summed E-state index contributed by atoms with van der Waals surface area (Å²) >= 11 is 5.82. The predicted molar refractivity (Wildman–Crippen MR) is 59.2 cm³/mol. The van der Waals surface area contributed by atoms with Crippen LogP contribution in [0.4, 0.5) is 5.69 Å². The average Bonchev–Trinajstić information content (AvgIpc) is 2.32. The Labute approximate surface area is 88.4 Å². The first-order chi connectivity index (χ1) is 5.27. The van der Waals surface area contributed by atoms with E-state index in [-0.39, 0.29) is 0 Å². The number of halogens is 2. The topological polar surface area (TPSA) is 3.24 Å². The maximum Gasteiger partial charge on any atom is 0.0591 e. The second kappa shape index (κ2) is 2.94. The molecule has 58 valence electrons. The number of anilines is 1. The van der Waals surface area contributed by atoms with Gasteiger partial charge in [-0.15, -0.1) is 0 Å². The number of rotatable bonds is 0. The van der Waals surface area contributed by atoms with Crippen LogP contribution in [0.5, 0.6) is 0 Å². The van der Waals surface area contributed by atoms with Crippen LogP contribution >= 0.6 is 38.8 Å². The summed E-state index contributed by atoms with van der Waals surface area (Å²) in [4.78, 5) is 0. The SMILES string of the molecule is Brc1ccc2c(c1)CCN2I. The largest absolute Gasteiger partial charge is 0.314 e. The monoisotopic (exact) mass is 323 g/mol. The van der Waals surface area contributed by atoms with E-state index in [4.69, 9.17) is 0 Å². The van der Waals surface area contributed by atoms with Crippen molar-refractivity contribution in [1.82, 2.24) is 0 Å². The van der Waals surface area contributed by atoms with E-state index in [1.165, 1.54) is 22.1 Å². The fourth-order valence-electron chi connectivity index (χ4n) is 1.33. The Morgan fingerprint density at radius 3 is 3.09 bits per heavy atom. The molecule has 0 saturated carbocycles. The van der Waals surface area contributed by atoms with Gasteiger partial charge in [-0.25, -0.2) is 0 Å². The molecule has 0 aromatic heterocycles. The average molecular weight is 324 g/mol. The lowest BCUT2D eigenvalue weighted by molar-refractivity contribution is 1.07. The molecule has 3 heteroatoms. The third kappa shape index (κ3) is 1.40. The lowest BCUT2D eigenvalue weighted by atomic mass is 10.2. The minimum absolute atomic E-state index is 1.15. The zero-order valence-corrected chi connectivity index (χ0v) is 9.59. The van der Waals surface area contributed by atoms with Crippen LogP contribution in [-0.2, 0) is 6.42 Å². The van der Waals surface area contributed by atoms with E-state index in [1.807, 2.05) is 0 Å². The molecule has 2 rings (SSSR count). The Morgan fingerprint density at radius 2 is 2.27 bits per heavy atom. The summed E-state index contributed by atoms with van der Waals surface area (Å²) in [6, 6.07) is 6.46. The summed E-state index contributed by atoms with van der Waals surface area (Å²) in [6.07, 6.45) is 1.18. The zero-order valence-electron chi connectivity index (χ0n) is 5.85. The van der Waals surface area contributed by atoms with Gasteiger partial charge in [0.1, 0.15) is 0 Å². The molecule has 0 N–H and O–H groups in total. The highest BCUT2D eigenvalue weighted by molar-refractivity contribution is 14.1. The first kappa shape index (κ1) is 7.86. The second-order valence-electron chi connectivity index (χ2n) is 2.61. The Bertz CT molecular complexity index is 287. The Balaban J connectivity index is 2.50. The first-order valence-corrected chi connectivity index (χ1v) is 5.25. The maximum atomic E-state index is 3.46. The van der Waals surface area contributed by atoms with Crippen molar-refractivity contribution in [2.45, 2.75) is 6.42 Å².